The first-order valence-electron chi connectivity index (χ1n) is 5.32. The third-order valence-electron chi connectivity index (χ3n) is 2.04. The van der Waals surface area contributed by atoms with Gasteiger partial charge in [0.15, 0.2) is 6.61 Å². The molecule has 18 heavy (non-hydrogen) atoms. The Morgan fingerprint density at radius 2 is 1.94 bits per heavy atom. The summed E-state index contributed by atoms with van der Waals surface area (Å²) in [6.07, 6.45) is 0. The number of hydrogen-bond acceptors (Lipinski definition) is 4. The lowest BCUT2D eigenvalue weighted by atomic mass is 10.2. The molecular weight excluding hydrogens is 349 g/mol. The Kier molecular flexibility index (Phi) is 6.66. The van der Waals surface area contributed by atoms with E-state index in [0.717, 1.165) is 3.57 Å². The monoisotopic (exact) mass is 363 g/mol. The topological polar surface area (TPSA) is 64.6 Å². The Morgan fingerprint density at radius 1 is 1.28 bits per heavy atom. The molecule has 0 spiro atoms. The highest BCUT2D eigenvalue weighted by atomic mass is 127. The molecule has 0 unspecified atom stereocenters. The molecule has 0 fully saturated rings. The maximum absolute atomic E-state index is 11.6. The number of hydrogen-bond donors (Lipinski definition) is 1. The summed E-state index contributed by atoms with van der Waals surface area (Å²) in [5, 5.41) is 2.56. The first-order valence-corrected chi connectivity index (χ1v) is 6.39. The van der Waals surface area contributed by atoms with Crippen LogP contribution in [0.5, 0.6) is 0 Å². The summed E-state index contributed by atoms with van der Waals surface area (Å²) < 4.78 is 10.7. The fourth-order valence-corrected chi connectivity index (χ4v) is 1.50. The van der Waals surface area contributed by atoms with Gasteiger partial charge in [0.1, 0.15) is 0 Å². The molecule has 0 saturated carbocycles. The van der Waals surface area contributed by atoms with Crippen LogP contribution in [-0.4, -0.2) is 38.7 Å². The summed E-state index contributed by atoms with van der Waals surface area (Å²) in [5.41, 5.74) is 0.431. The first kappa shape index (κ1) is 14.9. The molecule has 0 aliphatic rings. The van der Waals surface area contributed by atoms with E-state index in [1.54, 1.807) is 31.4 Å². The third kappa shape index (κ3) is 5.46. The number of methoxy groups -OCH3 is 1. The molecule has 0 saturated heterocycles. The lowest BCUT2D eigenvalue weighted by molar-refractivity contribution is -0.124. The van der Waals surface area contributed by atoms with Gasteiger partial charge in [-0.25, -0.2) is 4.79 Å². The molecule has 0 heterocycles. The molecule has 0 atom stereocenters. The van der Waals surface area contributed by atoms with Crippen molar-refractivity contribution < 1.29 is 19.1 Å². The molecular formula is C12H14INO4. The van der Waals surface area contributed by atoms with Gasteiger partial charge in [-0.15, -0.1) is 0 Å². The van der Waals surface area contributed by atoms with E-state index in [-0.39, 0.29) is 12.5 Å². The van der Waals surface area contributed by atoms with Crippen LogP contribution < -0.4 is 5.32 Å². The summed E-state index contributed by atoms with van der Waals surface area (Å²) in [5.74, 6) is -0.848. The van der Waals surface area contributed by atoms with Crippen molar-refractivity contribution in [3.05, 3.63) is 33.4 Å². The summed E-state index contributed by atoms with van der Waals surface area (Å²) in [6.45, 7) is 0.543. The second-order valence-electron chi connectivity index (χ2n) is 3.43. The Balaban J connectivity index is 2.32. The molecule has 98 valence electrons. The lowest BCUT2D eigenvalue weighted by Gasteiger charge is -2.06. The molecule has 0 aliphatic carbocycles. The zero-order valence-corrected chi connectivity index (χ0v) is 12.1. The second kappa shape index (κ2) is 8.04. The van der Waals surface area contributed by atoms with Crippen molar-refractivity contribution in [1.82, 2.24) is 5.32 Å². The van der Waals surface area contributed by atoms with E-state index in [1.165, 1.54) is 0 Å². The zero-order valence-electron chi connectivity index (χ0n) is 9.94. The Hall–Kier alpha value is -1.15. The summed E-state index contributed by atoms with van der Waals surface area (Å²) in [4.78, 5) is 22.8. The average molecular weight is 363 g/mol. The van der Waals surface area contributed by atoms with Crippen molar-refractivity contribution in [2.45, 2.75) is 0 Å². The van der Waals surface area contributed by atoms with E-state index in [1.807, 2.05) is 0 Å². The minimum atomic E-state index is -0.506. The lowest BCUT2D eigenvalue weighted by Crippen LogP contribution is -2.31. The third-order valence-corrected chi connectivity index (χ3v) is 2.76. The van der Waals surface area contributed by atoms with Crippen molar-refractivity contribution in [3.8, 4) is 0 Å². The van der Waals surface area contributed by atoms with Crippen LogP contribution in [0.25, 0.3) is 0 Å². The van der Waals surface area contributed by atoms with E-state index in [9.17, 15) is 9.59 Å². The molecule has 5 nitrogen and oxygen atoms in total. The van der Waals surface area contributed by atoms with E-state index >= 15 is 0 Å². The summed E-state index contributed by atoms with van der Waals surface area (Å²) in [6, 6.07) is 6.92. The van der Waals surface area contributed by atoms with E-state index in [2.05, 4.69) is 27.9 Å². The highest BCUT2D eigenvalue weighted by Crippen LogP contribution is 2.07. The van der Waals surface area contributed by atoms with E-state index in [0.29, 0.717) is 18.7 Å². The van der Waals surface area contributed by atoms with Gasteiger partial charge in [0.2, 0.25) is 0 Å². The molecule has 1 aromatic carbocycles. The fraction of sp³-hybridized carbons (Fsp3) is 0.333. The van der Waals surface area contributed by atoms with Gasteiger partial charge in [-0.2, -0.15) is 0 Å². The first-order chi connectivity index (χ1) is 8.63. The van der Waals surface area contributed by atoms with Crippen LogP contribution >= 0.6 is 22.6 Å². The van der Waals surface area contributed by atoms with Crippen molar-refractivity contribution >= 4 is 34.5 Å². The van der Waals surface area contributed by atoms with Crippen molar-refractivity contribution in [2.24, 2.45) is 0 Å². The summed E-state index contributed by atoms with van der Waals surface area (Å²) in [7, 11) is 1.54. The fourth-order valence-electron chi connectivity index (χ4n) is 1.14. The maximum atomic E-state index is 11.6. The van der Waals surface area contributed by atoms with Crippen LogP contribution in [0.2, 0.25) is 0 Å². The van der Waals surface area contributed by atoms with Crippen molar-refractivity contribution in [3.63, 3.8) is 0 Å². The SMILES string of the molecule is COCCNC(=O)COC(=O)c1ccc(I)cc1. The normalized spacial score (nSPS) is 9.89. The Labute approximate surface area is 119 Å². The predicted octanol–water partition coefficient (Wildman–Crippen LogP) is 1.21. The van der Waals surface area contributed by atoms with Crippen LogP contribution in [-0.2, 0) is 14.3 Å². The molecule has 6 heteroatoms. The number of carbonyl (C=O) groups excluding carboxylic acids is 2. The van der Waals surface area contributed by atoms with Gasteiger partial charge in [0.05, 0.1) is 12.2 Å². The van der Waals surface area contributed by atoms with E-state index in [4.69, 9.17) is 9.47 Å². The summed E-state index contributed by atoms with van der Waals surface area (Å²) >= 11 is 2.14. The van der Waals surface area contributed by atoms with Crippen molar-refractivity contribution in [2.75, 3.05) is 26.9 Å². The Morgan fingerprint density at radius 3 is 2.56 bits per heavy atom. The standard InChI is InChI=1S/C12H14INO4/c1-17-7-6-14-11(15)8-18-12(16)9-2-4-10(13)5-3-9/h2-5H,6-8H2,1H3,(H,14,15). The van der Waals surface area contributed by atoms with Gasteiger partial charge in [-0.3, -0.25) is 4.79 Å². The maximum Gasteiger partial charge on any atom is 0.338 e. The number of rotatable bonds is 6. The number of esters is 1. The highest BCUT2D eigenvalue weighted by molar-refractivity contribution is 14.1. The number of carbonyl (C=O) groups is 2. The van der Waals surface area contributed by atoms with Crippen LogP contribution in [0.15, 0.2) is 24.3 Å². The number of ether oxygens (including phenoxy) is 2. The number of nitrogens with one attached hydrogen (secondary N) is 1. The average Bonchev–Trinajstić information content (AvgIpc) is 2.37. The quantitative estimate of drug-likeness (QED) is 0.469. The zero-order chi connectivity index (χ0) is 13.4. The minimum Gasteiger partial charge on any atom is -0.452 e. The molecule has 1 N–H and O–H groups in total. The molecule has 0 bridgehead atoms. The number of benzene rings is 1. The van der Waals surface area contributed by atoms with Gasteiger partial charge in [-0.1, -0.05) is 0 Å². The molecule has 0 aliphatic heterocycles. The minimum absolute atomic E-state index is 0.283. The van der Waals surface area contributed by atoms with Crippen LogP contribution in [0.1, 0.15) is 10.4 Å². The van der Waals surface area contributed by atoms with Gasteiger partial charge >= 0.3 is 5.97 Å². The van der Waals surface area contributed by atoms with Crippen LogP contribution in [0.4, 0.5) is 0 Å². The highest BCUT2D eigenvalue weighted by Gasteiger charge is 2.09. The van der Waals surface area contributed by atoms with Gasteiger partial charge < -0.3 is 14.8 Å². The molecule has 0 aromatic heterocycles. The smallest absolute Gasteiger partial charge is 0.338 e. The number of amides is 1. The van der Waals surface area contributed by atoms with E-state index < -0.39 is 5.97 Å². The Bertz CT molecular complexity index is 405. The molecule has 1 amide bonds. The van der Waals surface area contributed by atoms with Crippen LogP contribution in [0.3, 0.4) is 0 Å². The van der Waals surface area contributed by atoms with Gasteiger partial charge in [-0.05, 0) is 46.9 Å². The molecule has 1 rings (SSSR count). The second-order valence-corrected chi connectivity index (χ2v) is 4.67. The van der Waals surface area contributed by atoms with Gasteiger partial charge in [0.25, 0.3) is 5.91 Å². The van der Waals surface area contributed by atoms with Gasteiger partial charge in [0, 0.05) is 17.2 Å². The largest absolute Gasteiger partial charge is 0.452 e. The van der Waals surface area contributed by atoms with Crippen LogP contribution in [0, 0.1) is 3.57 Å². The molecule has 0 radical (unpaired) electrons. The molecule has 1 aromatic rings. The predicted molar refractivity (Wildman–Crippen MR) is 74.3 cm³/mol. The number of halogens is 1. The van der Waals surface area contributed by atoms with Crippen molar-refractivity contribution in [1.29, 1.82) is 0 Å².